The number of hydrogen-bond donors (Lipinski definition) is 1. The van der Waals surface area contributed by atoms with Gasteiger partial charge in [0.1, 0.15) is 5.82 Å². The molecule has 8 heteroatoms. The van der Waals surface area contributed by atoms with Crippen LogP contribution in [0.2, 0.25) is 0 Å². The summed E-state index contributed by atoms with van der Waals surface area (Å²) in [5.74, 6) is -3.03. The third-order valence-electron chi connectivity index (χ3n) is 1.57. The fourth-order valence-electron chi connectivity index (χ4n) is 0.915. The van der Waals surface area contributed by atoms with Crippen molar-refractivity contribution < 1.29 is 27.6 Å². The second kappa shape index (κ2) is 3.37. The smallest absolute Gasteiger partial charge is 0.419 e. The topological polar surface area (TPSA) is 63.4 Å². The number of aromatic hydroxyl groups is 1. The predicted molar refractivity (Wildman–Crippen MR) is 39.7 cm³/mol. The van der Waals surface area contributed by atoms with Crippen LogP contribution in [0.5, 0.6) is 5.75 Å². The van der Waals surface area contributed by atoms with Crippen molar-refractivity contribution in [2.45, 2.75) is 6.18 Å². The van der Waals surface area contributed by atoms with E-state index in [1.165, 1.54) is 0 Å². The summed E-state index contributed by atoms with van der Waals surface area (Å²) in [6.07, 6.45) is -5.00. The van der Waals surface area contributed by atoms with E-state index >= 15 is 0 Å². The Morgan fingerprint density at radius 2 is 1.87 bits per heavy atom. The molecule has 0 fully saturated rings. The van der Waals surface area contributed by atoms with Crippen LogP contribution in [0.3, 0.4) is 0 Å². The van der Waals surface area contributed by atoms with Gasteiger partial charge in [-0.2, -0.15) is 13.2 Å². The number of nitrogens with zero attached hydrogens (tertiary/aromatic N) is 1. The highest BCUT2D eigenvalue weighted by atomic mass is 19.4. The maximum Gasteiger partial charge on any atom is 0.419 e. The van der Waals surface area contributed by atoms with Crippen molar-refractivity contribution in [3.8, 4) is 5.75 Å². The van der Waals surface area contributed by atoms with E-state index < -0.39 is 33.9 Å². The van der Waals surface area contributed by atoms with E-state index in [1.807, 2.05) is 0 Å². The lowest BCUT2D eigenvalue weighted by Crippen LogP contribution is -2.08. The summed E-state index contributed by atoms with van der Waals surface area (Å²) in [4.78, 5) is 8.95. The molecule has 0 radical (unpaired) electrons. The molecule has 0 saturated carbocycles. The van der Waals surface area contributed by atoms with Gasteiger partial charge in [0.15, 0.2) is 5.75 Å². The molecule has 0 aliphatic rings. The Morgan fingerprint density at radius 3 is 2.27 bits per heavy atom. The zero-order valence-electron chi connectivity index (χ0n) is 6.88. The highest BCUT2D eigenvalue weighted by Crippen LogP contribution is 2.37. The van der Waals surface area contributed by atoms with Gasteiger partial charge in [-0.15, -0.1) is 0 Å². The lowest BCUT2D eigenvalue weighted by Gasteiger charge is -2.07. The van der Waals surface area contributed by atoms with Gasteiger partial charge in [0.05, 0.1) is 16.6 Å². The van der Waals surface area contributed by atoms with Crippen LogP contribution >= 0.6 is 0 Å². The van der Waals surface area contributed by atoms with E-state index in [0.29, 0.717) is 0 Å². The lowest BCUT2D eigenvalue weighted by molar-refractivity contribution is -0.386. The van der Waals surface area contributed by atoms with Crippen LogP contribution in [0.1, 0.15) is 5.56 Å². The monoisotopic (exact) mass is 225 g/mol. The summed E-state index contributed by atoms with van der Waals surface area (Å²) in [6.45, 7) is 0. The normalized spacial score (nSPS) is 11.5. The van der Waals surface area contributed by atoms with Crippen molar-refractivity contribution >= 4 is 5.69 Å². The Hall–Kier alpha value is -1.86. The molecule has 1 N–H and O–H groups in total. The van der Waals surface area contributed by atoms with Gasteiger partial charge in [0.25, 0.3) is 0 Å². The largest absolute Gasteiger partial charge is 0.502 e. The minimum absolute atomic E-state index is 0.0204. The van der Waals surface area contributed by atoms with E-state index in [-0.39, 0.29) is 12.1 Å². The number of benzene rings is 1. The van der Waals surface area contributed by atoms with Crippen molar-refractivity contribution in [1.82, 2.24) is 0 Å². The summed E-state index contributed by atoms with van der Waals surface area (Å²) in [5, 5.41) is 19.0. The standard InChI is InChI=1S/C7H3F4NO3/c8-4-2-5(12(14)15)6(13)1-3(4)7(9,10)11/h1-2,13H. The maximum absolute atomic E-state index is 12.8. The molecular weight excluding hydrogens is 222 g/mol. The lowest BCUT2D eigenvalue weighted by atomic mass is 10.1. The van der Waals surface area contributed by atoms with Crippen LogP contribution < -0.4 is 0 Å². The van der Waals surface area contributed by atoms with Crippen LogP contribution in [0, 0.1) is 15.9 Å². The zero-order chi connectivity index (χ0) is 11.8. The Labute approximate surface area is 79.9 Å². The fraction of sp³-hybridized carbons (Fsp3) is 0.143. The first kappa shape index (κ1) is 11.2. The minimum Gasteiger partial charge on any atom is -0.502 e. The van der Waals surface area contributed by atoms with Crippen LogP contribution in [-0.4, -0.2) is 10.0 Å². The number of phenols is 1. The quantitative estimate of drug-likeness (QED) is 0.453. The number of rotatable bonds is 1. The Bertz CT molecular complexity index is 415. The predicted octanol–water partition coefficient (Wildman–Crippen LogP) is 2.46. The molecule has 4 nitrogen and oxygen atoms in total. The van der Waals surface area contributed by atoms with Crippen molar-refractivity contribution in [3.63, 3.8) is 0 Å². The molecule has 1 rings (SSSR count). The molecule has 0 spiro atoms. The Balaban J connectivity index is 3.39. The number of nitro benzene ring substituents is 1. The SMILES string of the molecule is O=[N+]([O-])c1cc(F)c(C(F)(F)F)cc1O. The number of nitro groups is 1. The molecule has 15 heavy (non-hydrogen) atoms. The average molecular weight is 225 g/mol. The van der Waals surface area contributed by atoms with Gasteiger partial charge in [-0.25, -0.2) is 4.39 Å². The fourth-order valence-corrected chi connectivity index (χ4v) is 0.915. The first-order valence-corrected chi connectivity index (χ1v) is 3.47. The molecule has 0 aliphatic heterocycles. The molecule has 0 heterocycles. The van der Waals surface area contributed by atoms with Gasteiger partial charge in [-0.1, -0.05) is 0 Å². The second-order valence-corrected chi connectivity index (χ2v) is 2.58. The van der Waals surface area contributed by atoms with E-state index in [1.54, 1.807) is 0 Å². The van der Waals surface area contributed by atoms with E-state index in [2.05, 4.69) is 0 Å². The molecule has 0 unspecified atom stereocenters. The van der Waals surface area contributed by atoms with Crippen LogP contribution in [-0.2, 0) is 6.18 Å². The van der Waals surface area contributed by atoms with Crippen LogP contribution in [0.25, 0.3) is 0 Å². The molecule has 0 amide bonds. The summed E-state index contributed by atoms with van der Waals surface area (Å²) in [5.41, 5.74) is -2.86. The van der Waals surface area contributed by atoms with Crippen molar-refractivity contribution in [3.05, 3.63) is 33.6 Å². The van der Waals surface area contributed by atoms with Crippen LogP contribution in [0.4, 0.5) is 23.2 Å². The second-order valence-electron chi connectivity index (χ2n) is 2.58. The Morgan fingerprint density at radius 1 is 1.33 bits per heavy atom. The molecule has 1 aromatic rings. The first-order valence-electron chi connectivity index (χ1n) is 3.47. The Kier molecular flexibility index (Phi) is 2.52. The van der Waals surface area contributed by atoms with Gasteiger partial charge in [0, 0.05) is 6.07 Å². The summed E-state index contributed by atoms with van der Waals surface area (Å²) in [6, 6.07) is 0.00558. The molecule has 0 aliphatic carbocycles. The third kappa shape index (κ3) is 2.14. The van der Waals surface area contributed by atoms with Gasteiger partial charge >= 0.3 is 11.9 Å². The molecule has 0 atom stereocenters. The molecule has 82 valence electrons. The first-order chi connectivity index (χ1) is 6.73. The zero-order valence-corrected chi connectivity index (χ0v) is 6.88. The van der Waals surface area contributed by atoms with E-state index in [9.17, 15) is 27.7 Å². The molecule has 0 saturated heterocycles. The third-order valence-corrected chi connectivity index (χ3v) is 1.57. The van der Waals surface area contributed by atoms with Gasteiger partial charge in [-0.3, -0.25) is 10.1 Å². The summed E-state index contributed by atoms with van der Waals surface area (Å²) < 4.78 is 48.9. The van der Waals surface area contributed by atoms with Gasteiger partial charge < -0.3 is 5.11 Å². The molecule has 0 aromatic heterocycles. The molecule has 0 bridgehead atoms. The summed E-state index contributed by atoms with van der Waals surface area (Å²) in [7, 11) is 0. The number of hydrogen-bond acceptors (Lipinski definition) is 3. The van der Waals surface area contributed by atoms with Gasteiger partial charge in [-0.05, 0) is 0 Å². The summed E-state index contributed by atoms with van der Waals surface area (Å²) >= 11 is 0. The van der Waals surface area contributed by atoms with Crippen molar-refractivity contribution in [2.75, 3.05) is 0 Å². The maximum atomic E-state index is 12.8. The highest BCUT2D eigenvalue weighted by molar-refractivity contribution is 5.48. The average Bonchev–Trinajstić information content (AvgIpc) is 2.06. The minimum atomic E-state index is -5.00. The van der Waals surface area contributed by atoms with E-state index in [0.717, 1.165) is 0 Å². The van der Waals surface area contributed by atoms with Crippen molar-refractivity contribution in [2.24, 2.45) is 0 Å². The highest BCUT2D eigenvalue weighted by Gasteiger charge is 2.36. The van der Waals surface area contributed by atoms with Crippen molar-refractivity contribution in [1.29, 1.82) is 0 Å². The number of alkyl halides is 3. The van der Waals surface area contributed by atoms with Gasteiger partial charge in [0.2, 0.25) is 0 Å². The molecular formula is C7H3F4NO3. The van der Waals surface area contributed by atoms with E-state index in [4.69, 9.17) is 5.11 Å². The number of halogens is 4. The number of phenolic OH excluding ortho intramolecular Hbond substituents is 1. The molecule has 1 aromatic carbocycles. The van der Waals surface area contributed by atoms with Crippen LogP contribution in [0.15, 0.2) is 12.1 Å².